The van der Waals surface area contributed by atoms with E-state index in [9.17, 15) is 4.79 Å². The fourth-order valence-electron chi connectivity index (χ4n) is 4.41. The van der Waals surface area contributed by atoms with Crippen LogP contribution < -0.4 is 10.2 Å². The van der Waals surface area contributed by atoms with Gasteiger partial charge in [-0.3, -0.25) is 9.69 Å². The van der Waals surface area contributed by atoms with E-state index in [0.717, 1.165) is 46.3 Å². The molecule has 0 bridgehead atoms. The van der Waals surface area contributed by atoms with Crippen LogP contribution in [0, 0.1) is 0 Å². The predicted octanol–water partition coefficient (Wildman–Crippen LogP) is 4.04. The first-order valence-electron chi connectivity index (χ1n) is 11.5. The maximum absolute atomic E-state index is 13.7. The van der Waals surface area contributed by atoms with Crippen LogP contribution in [0.15, 0.2) is 71.5 Å². The number of ether oxygens (including phenoxy) is 1. The summed E-state index contributed by atoms with van der Waals surface area (Å²) >= 11 is 0. The normalized spacial score (nSPS) is 12.5. The topological polar surface area (TPSA) is 87.8 Å². The van der Waals surface area contributed by atoms with E-state index >= 15 is 0 Å². The first kappa shape index (κ1) is 22.1. The van der Waals surface area contributed by atoms with Gasteiger partial charge in [0.2, 0.25) is 0 Å². The number of nitrogens with one attached hydrogen (secondary N) is 1. The lowest BCUT2D eigenvalue weighted by Gasteiger charge is -2.23. The van der Waals surface area contributed by atoms with Crippen molar-refractivity contribution in [3.8, 4) is 0 Å². The van der Waals surface area contributed by atoms with Gasteiger partial charge in [-0.15, -0.1) is 0 Å². The minimum absolute atomic E-state index is 0.0550. The van der Waals surface area contributed by atoms with E-state index in [2.05, 4.69) is 22.4 Å². The monoisotopic (exact) mass is 457 g/mol. The maximum Gasteiger partial charge on any atom is 0.259 e. The average Bonchev–Trinajstić information content (AvgIpc) is 3.53. The van der Waals surface area contributed by atoms with Crippen LogP contribution in [-0.4, -0.2) is 48.9 Å². The standard InChI is InChI=1S/C27H27N3O4/c31-12-15-33-14-11-30(27(32)23-2-1-3-24-22(23)7-10-28-24)26-18-20(6-9-29-26)16-19-4-5-25-21(17-19)8-13-34-25/h1-6,8-9,13,17-18,28,31H,7,10-12,14-16H2. The van der Waals surface area contributed by atoms with E-state index in [1.54, 1.807) is 17.4 Å². The number of hydrogen-bond acceptors (Lipinski definition) is 6. The number of furan rings is 1. The van der Waals surface area contributed by atoms with Gasteiger partial charge in [-0.25, -0.2) is 4.98 Å². The molecule has 2 N–H and O–H groups in total. The highest BCUT2D eigenvalue weighted by Gasteiger charge is 2.24. The molecule has 0 aliphatic carbocycles. The third kappa shape index (κ3) is 4.66. The molecule has 0 radical (unpaired) electrons. The minimum atomic E-state index is -0.0994. The molecule has 5 rings (SSSR count). The molecule has 34 heavy (non-hydrogen) atoms. The minimum Gasteiger partial charge on any atom is -0.464 e. The summed E-state index contributed by atoms with van der Waals surface area (Å²) in [6.07, 6.45) is 4.96. The van der Waals surface area contributed by atoms with Crippen LogP contribution in [0.3, 0.4) is 0 Å². The highest BCUT2D eigenvalue weighted by Crippen LogP contribution is 2.28. The van der Waals surface area contributed by atoms with Crippen LogP contribution in [0.2, 0.25) is 0 Å². The fourth-order valence-corrected chi connectivity index (χ4v) is 4.41. The van der Waals surface area contributed by atoms with Gasteiger partial charge in [-0.2, -0.15) is 0 Å². The second kappa shape index (κ2) is 10.1. The molecule has 0 spiro atoms. The Bertz CT molecular complexity index is 1300. The molecule has 174 valence electrons. The Hall–Kier alpha value is -3.68. The Kier molecular flexibility index (Phi) is 6.56. The summed E-state index contributed by atoms with van der Waals surface area (Å²) in [4.78, 5) is 19.9. The lowest BCUT2D eigenvalue weighted by Crippen LogP contribution is -2.35. The number of rotatable bonds is 9. The predicted molar refractivity (Wildman–Crippen MR) is 131 cm³/mol. The molecule has 0 saturated carbocycles. The van der Waals surface area contributed by atoms with Crippen molar-refractivity contribution in [1.82, 2.24) is 4.98 Å². The van der Waals surface area contributed by atoms with Crippen LogP contribution >= 0.6 is 0 Å². The molecular weight excluding hydrogens is 430 g/mol. The third-order valence-corrected chi connectivity index (χ3v) is 6.05. The van der Waals surface area contributed by atoms with Crippen molar-refractivity contribution in [3.05, 3.63) is 89.3 Å². The highest BCUT2D eigenvalue weighted by molar-refractivity contribution is 6.07. The van der Waals surface area contributed by atoms with Crippen molar-refractivity contribution in [2.45, 2.75) is 12.8 Å². The lowest BCUT2D eigenvalue weighted by molar-refractivity contribution is 0.0885. The van der Waals surface area contributed by atoms with E-state index in [0.29, 0.717) is 31.0 Å². The zero-order valence-corrected chi connectivity index (χ0v) is 18.9. The molecule has 2 aromatic heterocycles. The van der Waals surface area contributed by atoms with Gasteiger partial charge in [0.15, 0.2) is 0 Å². The molecule has 2 aromatic carbocycles. The summed E-state index contributed by atoms with van der Waals surface area (Å²) in [6, 6.07) is 17.8. The number of nitrogens with zero attached hydrogens (tertiary/aromatic N) is 2. The zero-order chi connectivity index (χ0) is 23.3. The SMILES string of the molecule is O=C(c1cccc2c1CCN2)N(CCOCCO)c1cc(Cc2ccc3occc3c2)ccn1. The van der Waals surface area contributed by atoms with Crippen LogP contribution in [0.25, 0.3) is 11.0 Å². The Balaban J connectivity index is 1.42. The van der Waals surface area contributed by atoms with Gasteiger partial charge in [-0.05, 0) is 72.0 Å². The summed E-state index contributed by atoms with van der Waals surface area (Å²) in [6.45, 7) is 1.65. The van der Waals surface area contributed by atoms with Crippen molar-refractivity contribution >= 4 is 28.4 Å². The number of aromatic nitrogens is 1. The number of amides is 1. The molecule has 4 aromatic rings. The molecule has 1 aliphatic heterocycles. The second-order valence-corrected chi connectivity index (χ2v) is 8.29. The number of aliphatic hydroxyl groups is 1. The second-order valence-electron chi connectivity index (χ2n) is 8.29. The molecule has 0 saturated heterocycles. The molecule has 0 unspecified atom stereocenters. The summed E-state index contributed by atoms with van der Waals surface area (Å²) in [5.74, 6) is 0.487. The van der Waals surface area contributed by atoms with Gasteiger partial charge < -0.3 is 19.6 Å². The number of carbonyl (C=O) groups excluding carboxylic acids is 1. The number of benzene rings is 2. The fraction of sp³-hybridized carbons (Fsp3) is 0.259. The molecule has 1 amide bonds. The first-order chi connectivity index (χ1) is 16.7. The number of pyridine rings is 1. The van der Waals surface area contributed by atoms with Crippen LogP contribution in [0.4, 0.5) is 11.5 Å². The van der Waals surface area contributed by atoms with E-state index in [1.807, 2.05) is 42.5 Å². The van der Waals surface area contributed by atoms with Gasteiger partial charge in [0.25, 0.3) is 5.91 Å². The summed E-state index contributed by atoms with van der Waals surface area (Å²) < 4.78 is 10.9. The Morgan fingerprint density at radius 1 is 1.12 bits per heavy atom. The number of hydrogen-bond donors (Lipinski definition) is 2. The Labute approximate surface area is 198 Å². The van der Waals surface area contributed by atoms with E-state index in [4.69, 9.17) is 14.3 Å². The highest BCUT2D eigenvalue weighted by atomic mass is 16.5. The van der Waals surface area contributed by atoms with Crippen molar-refractivity contribution in [2.75, 3.05) is 43.1 Å². The molecule has 0 atom stereocenters. The van der Waals surface area contributed by atoms with Crippen LogP contribution in [0.1, 0.15) is 27.0 Å². The van der Waals surface area contributed by atoms with Crippen molar-refractivity contribution in [2.24, 2.45) is 0 Å². The number of carbonyl (C=O) groups is 1. The van der Waals surface area contributed by atoms with Crippen molar-refractivity contribution in [1.29, 1.82) is 0 Å². The first-order valence-corrected chi connectivity index (χ1v) is 11.5. The average molecular weight is 458 g/mol. The van der Waals surface area contributed by atoms with E-state index in [1.165, 1.54) is 0 Å². The number of anilines is 2. The summed E-state index contributed by atoms with van der Waals surface area (Å²) in [5.41, 5.74) is 5.81. The smallest absolute Gasteiger partial charge is 0.259 e. The number of aliphatic hydroxyl groups excluding tert-OH is 1. The Morgan fingerprint density at radius 2 is 2.03 bits per heavy atom. The largest absolute Gasteiger partial charge is 0.464 e. The summed E-state index contributed by atoms with van der Waals surface area (Å²) in [5, 5.41) is 13.4. The van der Waals surface area contributed by atoms with Crippen molar-refractivity contribution < 1.29 is 19.1 Å². The maximum atomic E-state index is 13.7. The lowest BCUT2D eigenvalue weighted by atomic mass is 10.0. The molecule has 7 nitrogen and oxygen atoms in total. The molecule has 0 fully saturated rings. The quantitative estimate of drug-likeness (QED) is 0.369. The van der Waals surface area contributed by atoms with Gasteiger partial charge >= 0.3 is 0 Å². The van der Waals surface area contributed by atoms with E-state index in [-0.39, 0.29) is 19.1 Å². The molecule has 1 aliphatic rings. The van der Waals surface area contributed by atoms with Crippen LogP contribution in [-0.2, 0) is 17.6 Å². The summed E-state index contributed by atoms with van der Waals surface area (Å²) in [7, 11) is 0. The van der Waals surface area contributed by atoms with Crippen LogP contribution in [0.5, 0.6) is 0 Å². The number of fused-ring (bicyclic) bond motifs is 2. The van der Waals surface area contributed by atoms with Gasteiger partial charge in [-0.1, -0.05) is 12.1 Å². The molecule has 3 heterocycles. The van der Waals surface area contributed by atoms with Crippen molar-refractivity contribution in [3.63, 3.8) is 0 Å². The van der Waals surface area contributed by atoms with Gasteiger partial charge in [0.1, 0.15) is 11.4 Å². The van der Waals surface area contributed by atoms with E-state index < -0.39 is 0 Å². The molecular formula is C27H27N3O4. The van der Waals surface area contributed by atoms with Gasteiger partial charge in [0.05, 0.1) is 32.6 Å². The third-order valence-electron chi connectivity index (χ3n) is 6.05. The zero-order valence-electron chi connectivity index (χ0n) is 18.9. The Morgan fingerprint density at radius 3 is 2.94 bits per heavy atom. The van der Waals surface area contributed by atoms with Gasteiger partial charge in [0, 0.05) is 29.4 Å². The molecule has 7 heteroatoms.